The topological polar surface area (TPSA) is 93.5 Å². The van der Waals surface area contributed by atoms with Crippen LogP contribution < -0.4 is 14.9 Å². The molecule has 5 aromatic rings. The number of hydrogen-bond acceptors (Lipinski definition) is 5. The first kappa shape index (κ1) is 30.3. The maximum Gasteiger partial charge on any atom is 0.165 e. The van der Waals surface area contributed by atoms with Gasteiger partial charge in [-0.25, -0.2) is 5.26 Å². The number of halogens is 2. The largest absolute Gasteiger partial charge is 0.650 e. The molecule has 1 radical (unpaired) electrons. The smallest absolute Gasteiger partial charge is 0.165 e. The fraction of sp³-hybridized carbons (Fsp3) is 0.167. The second-order valence-electron chi connectivity index (χ2n) is 8.90. The number of benzene rings is 3. The van der Waals surface area contributed by atoms with Crippen LogP contribution >= 0.6 is 23.2 Å². The predicted molar refractivity (Wildman–Crippen MR) is 156 cm³/mol. The molecular weight excluding hydrogens is 624 g/mol. The molecule has 3 heterocycles. The Bertz CT molecular complexity index is 1500. The second-order valence-corrected chi connectivity index (χ2v) is 9.77. The molecule has 6 rings (SSSR count). The third kappa shape index (κ3) is 7.75. The van der Waals surface area contributed by atoms with E-state index in [9.17, 15) is 0 Å². The number of aromatic amines is 1. The van der Waals surface area contributed by atoms with Gasteiger partial charge in [-0.1, -0.05) is 46.9 Å². The van der Waals surface area contributed by atoms with E-state index < -0.39 is 0 Å². The quantitative estimate of drug-likeness (QED) is 0.0945. The summed E-state index contributed by atoms with van der Waals surface area (Å²) in [7, 11) is 0. The number of nitrogens with zero attached hydrogens (tertiary/aromatic N) is 2. The van der Waals surface area contributed by atoms with Gasteiger partial charge in [0.2, 0.25) is 0 Å². The molecule has 0 saturated heterocycles. The van der Waals surface area contributed by atoms with Crippen molar-refractivity contribution in [1.29, 1.82) is 0 Å². The molecule has 0 aliphatic carbocycles. The summed E-state index contributed by atoms with van der Waals surface area (Å²) in [5.41, 5.74) is 5.77. The molecule has 7 nitrogen and oxygen atoms in total. The number of H-pyrrole nitrogens is 1. The fourth-order valence-corrected chi connectivity index (χ4v) is 4.78. The van der Waals surface area contributed by atoms with Gasteiger partial charge in [0.1, 0.15) is 12.4 Å². The van der Waals surface area contributed by atoms with Gasteiger partial charge in [-0.2, -0.15) is 0 Å². The molecule has 40 heavy (non-hydrogen) atoms. The van der Waals surface area contributed by atoms with E-state index >= 15 is 0 Å². The molecule has 0 spiro atoms. The number of nitrogens with one attached hydrogen (secondary N) is 2. The first-order chi connectivity index (χ1) is 19.1. The standard InChI is InChI=1S/C24H22ClN4O.C6H5ClO2.Y/c25-17-5-8-22-21(14-17)20-9-11-28-23(24(20)29-22)16-3-6-19(7-4-16)30-13-12-27-18-2-1-10-26-15-18;7-5-1-3-6(9-8)4-2-5;/h1-8,10,14-15,23,27,29H,9,11-13H2;1-4,8H;/q-1;;. The van der Waals surface area contributed by atoms with E-state index in [1.54, 1.807) is 36.7 Å². The molecule has 0 saturated carbocycles. The van der Waals surface area contributed by atoms with Crippen molar-refractivity contribution >= 4 is 39.8 Å². The summed E-state index contributed by atoms with van der Waals surface area (Å²) in [5, 5.41) is 18.8. The van der Waals surface area contributed by atoms with Crippen molar-refractivity contribution in [3.05, 3.63) is 123 Å². The number of pyridine rings is 1. The average molecular weight is 651 g/mol. The van der Waals surface area contributed by atoms with Crippen LogP contribution in [0.25, 0.3) is 16.2 Å². The van der Waals surface area contributed by atoms with Crippen molar-refractivity contribution in [1.82, 2.24) is 9.97 Å². The van der Waals surface area contributed by atoms with Crippen molar-refractivity contribution in [3.63, 3.8) is 0 Å². The van der Waals surface area contributed by atoms with E-state index in [0.29, 0.717) is 23.9 Å². The Balaban J connectivity index is 0.000000317. The maximum atomic E-state index is 8.09. The number of ether oxygens (including phenoxy) is 1. The minimum absolute atomic E-state index is 0. The van der Waals surface area contributed by atoms with E-state index in [2.05, 4.69) is 32.3 Å². The van der Waals surface area contributed by atoms with Gasteiger partial charge in [-0.3, -0.25) is 4.98 Å². The van der Waals surface area contributed by atoms with Crippen LogP contribution in [0.1, 0.15) is 22.9 Å². The minimum Gasteiger partial charge on any atom is -0.650 e. The Morgan fingerprint density at radius 2 is 1.73 bits per heavy atom. The average Bonchev–Trinajstić information content (AvgIpc) is 3.35. The normalized spacial score (nSPS) is 13.8. The van der Waals surface area contributed by atoms with E-state index in [1.165, 1.54) is 16.6 Å². The molecule has 1 aliphatic heterocycles. The monoisotopic (exact) mass is 650 g/mol. The minimum atomic E-state index is 0. The molecule has 2 aromatic heterocycles. The molecule has 0 amide bonds. The van der Waals surface area contributed by atoms with Crippen LogP contribution in [0.4, 0.5) is 5.69 Å². The Morgan fingerprint density at radius 1 is 0.975 bits per heavy atom. The third-order valence-electron chi connectivity index (χ3n) is 6.32. The van der Waals surface area contributed by atoms with E-state index in [1.807, 2.05) is 42.5 Å². The van der Waals surface area contributed by atoms with Crippen LogP contribution in [-0.4, -0.2) is 34.9 Å². The van der Waals surface area contributed by atoms with Gasteiger partial charge in [0, 0.05) is 78.3 Å². The summed E-state index contributed by atoms with van der Waals surface area (Å²) in [6.07, 6.45) is 4.50. The third-order valence-corrected chi connectivity index (χ3v) is 6.81. The number of anilines is 1. The molecule has 1 aliphatic rings. The number of rotatable bonds is 7. The zero-order valence-electron chi connectivity index (χ0n) is 21.6. The van der Waals surface area contributed by atoms with Crippen molar-refractivity contribution in [2.45, 2.75) is 12.5 Å². The molecular formula is C30H27Cl2N4O3Y-. The first-order valence-electron chi connectivity index (χ1n) is 12.5. The number of hydrogen-bond donors (Lipinski definition) is 3. The molecule has 203 valence electrons. The predicted octanol–water partition coefficient (Wildman–Crippen LogP) is 7.92. The Morgan fingerprint density at radius 3 is 2.45 bits per heavy atom. The van der Waals surface area contributed by atoms with Gasteiger partial charge in [0.05, 0.1) is 5.69 Å². The molecule has 3 aromatic carbocycles. The summed E-state index contributed by atoms with van der Waals surface area (Å²) in [5.74, 6) is 1.24. The van der Waals surface area contributed by atoms with Crippen molar-refractivity contribution < 1.29 is 47.6 Å². The summed E-state index contributed by atoms with van der Waals surface area (Å²) >= 11 is 11.7. The van der Waals surface area contributed by atoms with Gasteiger partial charge < -0.3 is 25.2 Å². The fourth-order valence-electron chi connectivity index (χ4n) is 4.49. The summed E-state index contributed by atoms with van der Waals surface area (Å²) in [6, 6.07) is 24.6. The molecule has 3 N–H and O–H groups in total. The van der Waals surface area contributed by atoms with Gasteiger partial charge in [0.25, 0.3) is 0 Å². The summed E-state index contributed by atoms with van der Waals surface area (Å²) in [6.45, 7) is 2.11. The Labute approximate surface area is 268 Å². The molecule has 10 heteroatoms. The zero-order valence-corrected chi connectivity index (χ0v) is 25.9. The SMILES string of the molecule is Clc1ccc2[nH]c3c(c2c1)CC[N-]C3c1ccc(OCCNc2cccnc2)cc1.OOc1ccc(Cl)cc1.[Y]. The van der Waals surface area contributed by atoms with Crippen LogP contribution in [0.2, 0.25) is 10.0 Å². The van der Waals surface area contributed by atoms with Crippen LogP contribution in [-0.2, 0) is 39.1 Å². The summed E-state index contributed by atoms with van der Waals surface area (Å²) in [4.78, 5) is 11.6. The number of aromatic nitrogens is 2. The molecule has 0 bridgehead atoms. The number of fused-ring (bicyclic) bond motifs is 3. The van der Waals surface area contributed by atoms with E-state index in [0.717, 1.165) is 40.5 Å². The maximum absolute atomic E-state index is 8.09. The molecule has 1 unspecified atom stereocenters. The second kappa shape index (κ2) is 14.8. The van der Waals surface area contributed by atoms with Gasteiger partial charge in [-0.15, -0.1) is 6.54 Å². The first-order valence-corrected chi connectivity index (χ1v) is 13.3. The van der Waals surface area contributed by atoms with E-state index in [4.69, 9.17) is 38.5 Å². The van der Waals surface area contributed by atoms with Gasteiger partial charge in [-0.05, 0) is 78.7 Å². The Hall–Kier alpha value is -2.65. The van der Waals surface area contributed by atoms with Crippen molar-refractivity contribution in [2.24, 2.45) is 0 Å². The van der Waals surface area contributed by atoms with Gasteiger partial charge >= 0.3 is 0 Å². The van der Waals surface area contributed by atoms with Crippen molar-refractivity contribution in [2.75, 3.05) is 25.0 Å². The van der Waals surface area contributed by atoms with E-state index in [-0.39, 0.29) is 38.8 Å². The van der Waals surface area contributed by atoms with Crippen LogP contribution in [0.3, 0.4) is 0 Å². The van der Waals surface area contributed by atoms with Gasteiger partial charge in [0.15, 0.2) is 5.75 Å². The van der Waals surface area contributed by atoms with Crippen molar-refractivity contribution in [3.8, 4) is 11.5 Å². The van der Waals surface area contributed by atoms with Crippen LogP contribution in [0.5, 0.6) is 11.5 Å². The van der Waals surface area contributed by atoms with Crippen LogP contribution in [0.15, 0.2) is 91.3 Å². The molecule has 1 atom stereocenters. The van der Waals surface area contributed by atoms with Crippen LogP contribution in [0, 0.1) is 0 Å². The molecule has 0 fully saturated rings. The zero-order chi connectivity index (χ0) is 27.0. The Kier molecular flexibility index (Phi) is 11.2. The summed E-state index contributed by atoms with van der Waals surface area (Å²) < 4.78 is 5.86.